The number of hydrogen-bond acceptors (Lipinski definition) is 6. The molecule has 0 saturated heterocycles. The van der Waals surface area contributed by atoms with E-state index in [-0.39, 0.29) is 5.69 Å². The molecule has 7 heteroatoms. The molecule has 21 heavy (non-hydrogen) atoms. The molecule has 0 bridgehead atoms. The third kappa shape index (κ3) is 3.53. The van der Waals surface area contributed by atoms with Crippen LogP contribution >= 0.6 is 0 Å². The van der Waals surface area contributed by atoms with Gasteiger partial charge in [-0.2, -0.15) is 0 Å². The van der Waals surface area contributed by atoms with Crippen LogP contribution in [0, 0.1) is 10.1 Å². The molecule has 0 atom stereocenters. The fraction of sp³-hybridized carbons (Fsp3) is 0.143. The lowest BCUT2D eigenvalue weighted by Gasteiger charge is -2.08. The number of benzene rings is 1. The number of nitrogens with zero attached hydrogens (tertiary/aromatic N) is 3. The van der Waals surface area contributed by atoms with Crippen LogP contribution in [0.5, 0.6) is 11.5 Å². The zero-order valence-corrected chi connectivity index (χ0v) is 11.6. The average Bonchev–Trinajstić information content (AvgIpc) is 2.48. The molecule has 1 aromatic carbocycles. The smallest absolute Gasteiger partial charge is 0.296 e. The van der Waals surface area contributed by atoms with E-state index in [2.05, 4.69) is 15.3 Å². The number of nitro groups is 1. The van der Waals surface area contributed by atoms with E-state index in [1.165, 1.54) is 6.07 Å². The van der Waals surface area contributed by atoms with Crippen molar-refractivity contribution in [2.24, 2.45) is 4.99 Å². The third-order valence-electron chi connectivity index (χ3n) is 2.68. The summed E-state index contributed by atoms with van der Waals surface area (Å²) in [5, 5.41) is 13.8. The molecule has 0 amide bonds. The van der Waals surface area contributed by atoms with Gasteiger partial charge in [0.15, 0.2) is 0 Å². The van der Waals surface area contributed by atoms with E-state index >= 15 is 0 Å². The number of nitro benzene ring substituents is 1. The molecule has 2 aromatic rings. The van der Waals surface area contributed by atoms with Crippen molar-refractivity contribution in [1.29, 1.82) is 0 Å². The summed E-state index contributed by atoms with van der Waals surface area (Å²) in [4.78, 5) is 18.5. The van der Waals surface area contributed by atoms with Crippen molar-refractivity contribution < 1.29 is 9.66 Å². The highest BCUT2D eigenvalue weighted by Gasteiger charge is 2.14. The fourth-order valence-electron chi connectivity index (χ4n) is 1.77. The second-order valence-corrected chi connectivity index (χ2v) is 4.09. The maximum Gasteiger partial charge on any atom is 0.296 e. The van der Waals surface area contributed by atoms with Crippen molar-refractivity contribution in [1.82, 2.24) is 4.98 Å². The van der Waals surface area contributed by atoms with Crippen molar-refractivity contribution in [2.75, 3.05) is 19.4 Å². The van der Waals surface area contributed by atoms with Crippen LogP contribution in [0.4, 0.5) is 11.4 Å². The van der Waals surface area contributed by atoms with Crippen LogP contribution in [-0.2, 0) is 0 Å². The number of hydrogen-bond donors (Lipinski definition) is 1. The molecular weight excluding hydrogens is 272 g/mol. The van der Waals surface area contributed by atoms with Gasteiger partial charge in [0.2, 0.25) is 0 Å². The van der Waals surface area contributed by atoms with Crippen LogP contribution < -0.4 is 10.1 Å². The second-order valence-electron chi connectivity index (χ2n) is 4.09. The summed E-state index contributed by atoms with van der Waals surface area (Å²) in [5.74, 6) is 0.915. The zero-order chi connectivity index (χ0) is 15.2. The van der Waals surface area contributed by atoms with E-state index in [0.717, 1.165) is 0 Å². The Bertz CT molecular complexity index is 686. The summed E-state index contributed by atoms with van der Waals surface area (Å²) < 4.78 is 5.62. The fourth-order valence-corrected chi connectivity index (χ4v) is 1.77. The van der Waals surface area contributed by atoms with Crippen molar-refractivity contribution >= 4 is 17.6 Å². The monoisotopic (exact) mass is 286 g/mol. The highest BCUT2D eigenvalue weighted by atomic mass is 16.6. The Balaban J connectivity index is 2.29. The van der Waals surface area contributed by atoms with E-state index in [9.17, 15) is 10.1 Å². The standard InChI is InChI=1S/C14H14N4O3/c1-15-9-10-7-12(5-6-17-10)21-11-3-4-13(16-2)14(8-11)18(19)20/h3-9,16H,1-2H3/b15-9-. The minimum Gasteiger partial charge on any atom is -0.457 e. The van der Waals surface area contributed by atoms with Gasteiger partial charge in [-0.15, -0.1) is 0 Å². The molecule has 0 saturated carbocycles. The van der Waals surface area contributed by atoms with Gasteiger partial charge in [0.25, 0.3) is 5.69 Å². The lowest BCUT2D eigenvalue weighted by atomic mass is 10.2. The maximum absolute atomic E-state index is 11.0. The molecule has 0 aliphatic carbocycles. The molecule has 1 aromatic heterocycles. The highest BCUT2D eigenvalue weighted by Crippen LogP contribution is 2.31. The van der Waals surface area contributed by atoms with Gasteiger partial charge in [0.05, 0.1) is 16.7 Å². The van der Waals surface area contributed by atoms with E-state index in [1.807, 2.05) is 0 Å². The average molecular weight is 286 g/mol. The van der Waals surface area contributed by atoms with Crippen molar-refractivity contribution in [3.05, 3.63) is 52.3 Å². The van der Waals surface area contributed by atoms with Crippen LogP contribution in [0.1, 0.15) is 5.69 Å². The molecule has 0 radical (unpaired) electrons. The van der Waals surface area contributed by atoms with Gasteiger partial charge in [-0.05, 0) is 18.2 Å². The van der Waals surface area contributed by atoms with Crippen molar-refractivity contribution in [3.8, 4) is 11.5 Å². The van der Waals surface area contributed by atoms with Gasteiger partial charge >= 0.3 is 0 Å². The van der Waals surface area contributed by atoms with E-state index in [0.29, 0.717) is 22.9 Å². The normalized spacial score (nSPS) is 10.6. The zero-order valence-electron chi connectivity index (χ0n) is 11.6. The van der Waals surface area contributed by atoms with Gasteiger partial charge in [0.1, 0.15) is 17.2 Å². The molecule has 0 fully saturated rings. The first-order chi connectivity index (χ1) is 10.1. The third-order valence-corrected chi connectivity index (χ3v) is 2.68. The Labute approximate surface area is 121 Å². The summed E-state index contributed by atoms with van der Waals surface area (Å²) >= 11 is 0. The molecule has 1 heterocycles. The van der Waals surface area contributed by atoms with Gasteiger partial charge in [0, 0.05) is 32.6 Å². The van der Waals surface area contributed by atoms with Gasteiger partial charge < -0.3 is 10.1 Å². The van der Waals surface area contributed by atoms with Gasteiger partial charge in [-0.1, -0.05) is 0 Å². The Morgan fingerprint density at radius 1 is 1.33 bits per heavy atom. The van der Waals surface area contributed by atoms with E-state index in [1.54, 1.807) is 50.8 Å². The van der Waals surface area contributed by atoms with Crippen LogP contribution in [-0.4, -0.2) is 30.2 Å². The minimum atomic E-state index is -0.458. The first-order valence-corrected chi connectivity index (χ1v) is 6.16. The Hall–Kier alpha value is -2.96. The highest BCUT2D eigenvalue weighted by molar-refractivity contribution is 5.77. The summed E-state index contributed by atoms with van der Waals surface area (Å²) in [6, 6.07) is 8.01. The molecule has 1 N–H and O–H groups in total. The molecule has 0 aliphatic rings. The van der Waals surface area contributed by atoms with Crippen LogP contribution in [0.3, 0.4) is 0 Å². The number of rotatable bonds is 5. The molecular formula is C14H14N4O3. The van der Waals surface area contributed by atoms with Crippen LogP contribution in [0.15, 0.2) is 41.5 Å². The molecule has 2 rings (SSSR count). The van der Waals surface area contributed by atoms with Gasteiger partial charge in [-0.3, -0.25) is 20.1 Å². The lowest BCUT2D eigenvalue weighted by molar-refractivity contribution is -0.384. The van der Waals surface area contributed by atoms with Crippen molar-refractivity contribution in [2.45, 2.75) is 0 Å². The molecule has 0 unspecified atom stereocenters. The number of pyridine rings is 1. The summed E-state index contributed by atoms with van der Waals surface area (Å²) in [5.41, 5.74) is 1.04. The van der Waals surface area contributed by atoms with E-state index in [4.69, 9.17) is 4.74 Å². The van der Waals surface area contributed by atoms with Crippen LogP contribution in [0.2, 0.25) is 0 Å². The number of nitrogens with one attached hydrogen (secondary N) is 1. The summed E-state index contributed by atoms with van der Waals surface area (Å²) in [6.45, 7) is 0. The first kappa shape index (κ1) is 14.4. The predicted octanol–water partition coefficient (Wildman–Crippen LogP) is 2.87. The minimum absolute atomic E-state index is 0.0422. The Kier molecular flexibility index (Phi) is 4.45. The largest absolute Gasteiger partial charge is 0.457 e. The topological polar surface area (TPSA) is 89.6 Å². The number of ether oxygens (including phenoxy) is 1. The number of anilines is 1. The molecule has 0 aliphatic heterocycles. The SMILES string of the molecule is C/N=C\c1cc(Oc2ccc(NC)c([N+](=O)[O-])c2)ccn1. The summed E-state index contributed by atoms with van der Waals surface area (Å²) in [6.07, 6.45) is 3.18. The lowest BCUT2D eigenvalue weighted by Crippen LogP contribution is -1.97. The Morgan fingerprint density at radius 2 is 2.10 bits per heavy atom. The molecule has 108 valence electrons. The molecule has 7 nitrogen and oxygen atoms in total. The summed E-state index contributed by atoms with van der Waals surface area (Å²) in [7, 11) is 3.27. The number of aliphatic imine (C=N–C) groups is 1. The Morgan fingerprint density at radius 3 is 2.76 bits per heavy atom. The maximum atomic E-state index is 11.0. The predicted molar refractivity (Wildman–Crippen MR) is 80.5 cm³/mol. The second kappa shape index (κ2) is 6.47. The number of aromatic nitrogens is 1. The first-order valence-electron chi connectivity index (χ1n) is 6.16. The van der Waals surface area contributed by atoms with Crippen LogP contribution in [0.25, 0.3) is 0 Å². The quantitative estimate of drug-likeness (QED) is 0.518. The van der Waals surface area contributed by atoms with Crippen molar-refractivity contribution in [3.63, 3.8) is 0 Å². The molecule has 0 spiro atoms. The van der Waals surface area contributed by atoms with E-state index < -0.39 is 4.92 Å². The van der Waals surface area contributed by atoms with Gasteiger partial charge in [-0.25, -0.2) is 0 Å².